The molecule has 0 saturated heterocycles. The molecule has 1 unspecified atom stereocenters. The van der Waals surface area contributed by atoms with E-state index in [2.05, 4.69) is 4.74 Å². The molecule has 0 bridgehead atoms. The van der Waals surface area contributed by atoms with Crippen LogP contribution in [0.3, 0.4) is 0 Å². The number of rotatable bonds is 8. The minimum Gasteiger partial charge on any atom is -0.482 e. The Kier molecular flexibility index (Phi) is 8.16. The van der Waals surface area contributed by atoms with Crippen molar-refractivity contribution in [2.45, 2.75) is 6.92 Å². The Labute approximate surface area is 144 Å². The van der Waals surface area contributed by atoms with Gasteiger partial charge in [-0.1, -0.05) is 30.1 Å². The standard InChI is InChI=1S/C15H19Cl2NO5/c1-10(15(21)22-2)8-18(5-6-19)14(20)9-23-13-4-3-11(16)7-12(13)17/h3-4,7,10,19H,5-6,8-9H2,1-2H3. The Balaban J connectivity index is 2.65. The number of aliphatic hydroxyl groups excluding tert-OH is 1. The van der Waals surface area contributed by atoms with Crippen LogP contribution < -0.4 is 4.74 Å². The molecule has 0 spiro atoms. The van der Waals surface area contributed by atoms with Crippen LogP contribution in [0.5, 0.6) is 5.75 Å². The van der Waals surface area contributed by atoms with Crippen LogP contribution in [0.4, 0.5) is 0 Å². The maximum atomic E-state index is 12.2. The van der Waals surface area contributed by atoms with Crippen molar-refractivity contribution in [2.24, 2.45) is 5.92 Å². The Morgan fingerprint density at radius 2 is 2.04 bits per heavy atom. The first-order valence-electron chi connectivity index (χ1n) is 6.93. The molecule has 1 amide bonds. The number of amides is 1. The Morgan fingerprint density at radius 3 is 2.61 bits per heavy atom. The van der Waals surface area contributed by atoms with Crippen LogP contribution >= 0.6 is 23.2 Å². The van der Waals surface area contributed by atoms with E-state index in [0.29, 0.717) is 15.8 Å². The van der Waals surface area contributed by atoms with Gasteiger partial charge < -0.3 is 19.5 Å². The van der Waals surface area contributed by atoms with Gasteiger partial charge in [-0.3, -0.25) is 9.59 Å². The average Bonchev–Trinajstić information content (AvgIpc) is 2.52. The molecule has 0 saturated carbocycles. The maximum Gasteiger partial charge on any atom is 0.310 e. The number of carbonyl (C=O) groups is 2. The number of methoxy groups -OCH3 is 1. The fourth-order valence-corrected chi connectivity index (χ4v) is 2.33. The van der Waals surface area contributed by atoms with Crippen LogP contribution in [0.25, 0.3) is 0 Å². The van der Waals surface area contributed by atoms with E-state index in [1.807, 2.05) is 0 Å². The fraction of sp³-hybridized carbons (Fsp3) is 0.467. The van der Waals surface area contributed by atoms with Crippen molar-refractivity contribution in [3.63, 3.8) is 0 Å². The summed E-state index contributed by atoms with van der Waals surface area (Å²) < 4.78 is 10.00. The van der Waals surface area contributed by atoms with E-state index in [1.165, 1.54) is 18.1 Å². The molecule has 0 aliphatic rings. The van der Waals surface area contributed by atoms with Crippen molar-refractivity contribution in [1.82, 2.24) is 4.90 Å². The Hall–Kier alpha value is -1.50. The summed E-state index contributed by atoms with van der Waals surface area (Å²) in [5.74, 6) is -0.979. The molecule has 128 valence electrons. The highest BCUT2D eigenvalue weighted by Crippen LogP contribution is 2.27. The molecule has 6 nitrogen and oxygen atoms in total. The van der Waals surface area contributed by atoms with E-state index in [1.54, 1.807) is 19.1 Å². The van der Waals surface area contributed by atoms with Gasteiger partial charge in [0.15, 0.2) is 6.61 Å². The normalized spacial score (nSPS) is 11.7. The second kappa shape index (κ2) is 9.60. The third kappa shape index (κ3) is 6.25. The molecule has 8 heteroatoms. The van der Waals surface area contributed by atoms with E-state index in [9.17, 15) is 9.59 Å². The summed E-state index contributed by atoms with van der Waals surface area (Å²) in [5, 5.41) is 9.82. The molecule has 0 fully saturated rings. The molecule has 1 aromatic carbocycles. The number of esters is 1. The lowest BCUT2D eigenvalue weighted by Gasteiger charge is -2.24. The Bertz CT molecular complexity index is 553. The molecule has 0 aliphatic carbocycles. The zero-order valence-corrected chi connectivity index (χ0v) is 14.4. The predicted octanol–water partition coefficient (Wildman–Crippen LogP) is 2.00. The molecule has 0 radical (unpaired) electrons. The number of hydrogen-bond acceptors (Lipinski definition) is 5. The summed E-state index contributed by atoms with van der Waals surface area (Å²) in [5.41, 5.74) is 0. The van der Waals surface area contributed by atoms with Gasteiger partial charge >= 0.3 is 5.97 Å². The zero-order chi connectivity index (χ0) is 17.4. The first-order valence-corrected chi connectivity index (χ1v) is 7.69. The first-order chi connectivity index (χ1) is 10.9. The fourth-order valence-electron chi connectivity index (χ4n) is 1.87. The molecule has 1 atom stereocenters. The van der Waals surface area contributed by atoms with Crippen molar-refractivity contribution in [3.05, 3.63) is 28.2 Å². The van der Waals surface area contributed by atoms with Gasteiger partial charge in [0.05, 0.1) is 24.7 Å². The predicted molar refractivity (Wildman–Crippen MR) is 86.8 cm³/mol. The van der Waals surface area contributed by atoms with Crippen LogP contribution in [0.15, 0.2) is 18.2 Å². The number of hydrogen-bond donors (Lipinski definition) is 1. The van der Waals surface area contributed by atoms with Crippen LogP contribution in [-0.2, 0) is 14.3 Å². The first kappa shape index (κ1) is 19.5. The van der Waals surface area contributed by atoms with E-state index >= 15 is 0 Å². The SMILES string of the molecule is COC(=O)C(C)CN(CCO)C(=O)COc1ccc(Cl)cc1Cl. The molecular formula is C15H19Cl2NO5. The third-order valence-electron chi connectivity index (χ3n) is 3.07. The smallest absolute Gasteiger partial charge is 0.310 e. The highest BCUT2D eigenvalue weighted by atomic mass is 35.5. The molecule has 0 aromatic heterocycles. The molecule has 1 aromatic rings. The number of nitrogens with zero attached hydrogens (tertiary/aromatic N) is 1. The number of aliphatic hydroxyl groups is 1. The number of benzene rings is 1. The second-order valence-corrected chi connectivity index (χ2v) is 5.69. The quantitative estimate of drug-likeness (QED) is 0.714. The number of ether oxygens (including phenoxy) is 2. The van der Waals surface area contributed by atoms with E-state index in [4.69, 9.17) is 33.0 Å². The highest BCUT2D eigenvalue weighted by molar-refractivity contribution is 6.35. The van der Waals surface area contributed by atoms with Crippen molar-refractivity contribution < 1.29 is 24.2 Å². The maximum absolute atomic E-state index is 12.2. The molecular weight excluding hydrogens is 345 g/mol. The molecule has 23 heavy (non-hydrogen) atoms. The summed E-state index contributed by atoms with van der Waals surface area (Å²) in [6.45, 7) is 1.37. The summed E-state index contributed by atoms with van der Waals surface area (Å²) in [6, 6.07) is 4.66. The number of halogens is 2. The van der Waals surface area contributed by atoms with E-state index in [0.717, 1.165) is 0 Å². The zero-order valence-electron chi connectivity index (χ0n) is 12.9. The molecule has 1 rings (SSSR count). The van der Waals surface area contributed by atoms with Gasteiger partial charge in [0.25, 0.3) is 5.91 Å². The average molecular weight is 364 g/mol. The highest BCUT2D eigenvalue weighted by Gasteiger charge is 2.21. The van der Waals surface area contributed by atoms with E-state index < -0.39 is 11.9 Å². The van der Waals surface area contributed by atoms with Gasteiger partial charge in [-0.25, -0.2) is 0 Å². The molecule has 1 N–H and O–H groups in total. The lowest BCUT2D eigenvalue weighted by molar-refractivity contribution is -0.146. The lowest BCUT2D eigenvalue weighted by atomic mass is 10.1. The van der Waals surface area contributed by atoms with Gasteiger partial charge in [-0.15, -0.1) is 0 Å². The molecule has 0 heterocycles. The van der Waals surface area contributed by atoms with Crippen molar-refractivity contribution >= 4 is 35.1 Å². The van der Waals surface area contributed by atoms with Crippen LogP contribution in [-0.4, -0.2) is 55.3 Å². The van der Waals surface area contributed by atoms with Crippen molar-refractivity contribution in [1.29, 1.82) is 0 Å². The largest absolute Gasteiger partial charge is 0.482 e. The summed E-state index contributed by atoms with van der Waals surface area (Å²) >= 11 is 11.7. The monoisotopic (exact) mass is 363 g/mol. The van der Waals surface area contributed by atoms with Crippen LogP contribution in [0, 0.1) is 5.92 Å². The minimum absolute atomic E-state index is 0.0951. The van der Waals surface area contributed by atoms with Gasteiger partial charge in [0, 0.05) is 18.1 Å². The van der Waals surface area contributed by atoms with Crippen LogP contribution in [0.2, 0.25) is 10.0 Å². The van der Waals surface area contributed by atoms with Gasteiger partial charge in [-0.05, 0) is 18.2 Å². The van der Waals surface area contributed by atoms with Crippen LogP contribution in [0.1, 0.15) is 6.92 Å². The minimum atomic E-state index is -0.505. The summed E-state index contributed by atoms with van der Waals surface area (Å²) in [4.78, 5) is 25.0. The van der Waals surface area contributed by atoms with Gasteiger partial charge in [-0.2, -0.15) is 0 Å². The van der Waals surface area contributed by atoms with Crippen molar-refractivity contribution in [3.8, 4) is 5.75 Å². The van der Waals surface area contributed by atoms with Gasteiger partial charge in [0.2, 0.25) is 0 Å². The third-order valence-corrected chi connectivity index (χ3v) is 3.60. The Morgan fingerprint density at radius 1 is 1.35 bits per heavy atom. The summed E-state index contributed by atoms with van der Waals surface area (Å²) in [7, 11) is 1.28. The topological polar surface area (TPSA) is 76.1 Å². The van der Waals surface area contributed by atoms with Crippen molar-refractivity contribution in [2.75, 3.05) is 33.4 Å². The van der Waals surface area contributed by atoms with Gasteiger partial charge in [0.1, 0.15) is 5.75 Å². The van der Waals surface area contributed by atoms with E-state index in [-0.39, 0.29) is 32.2 Å². The second-order valence-electron chi connectivity index (χ2n) is 4.85. The summed E-state index contributed by atoms with van der Waals surface area (Å²) in [6.07, 6.45) is 0. The molecule has 0 aliphatic heterocycles. The number of carbonyl (C=O) groups excluding carboxylic acids is 2. The lowest BCUT2D eigenvalue weighted by Crippen LogP contribution is -2.41.